The maximum atomic E-state index is 11.0. The summed E-state index contributed by atoms with van der Waals surface area (Å²) >= 11 is 0. The fourth-order valence-corrected chi connectivity index (χ4v) is 1.66. The predicted octanol–water partition coefficient (Wildman–Crippen LogP) is 1.86. The summed E-state index contributed by atoms with van der Waals surface area (Å²) in [6, 6.07) is 5.57. The van der Waals surface area contributed by atoms with Crippen LogP contribution in [0.3, 0.4) is 0 Å². The fraction of sp³-hybridized carbons (Fsp3) is 0.417. The van der Waals surface area contributed by atoms with Gasteiger partial charge in [0.1, 0.15) is 6.09 Å². The minimum Gasteiger partial charge on any atom is -0.530 e. The molecule has 0 spiro atoms. The number of rotatable bonds is 2. The van der Waals surface area contributed by atoms with E-state index in [4.69, 9.17) is 0 Å². The van der Waals surface area contributed by atoms with E-state index in [1.165, 1.54) is 4.90 Å². The van der Waals surface area contributed by atoms with Gasteiger partial charge in [0.15, 0.2) is 0 Å². The molecular weight excluding hydrogens is 190 g/mol. The number of carboxylic acid groups (broad SMARTS) is 1. The van der Waals surface area contributed by atoms with Crippen LogP contribution in [0.1, 0.15) is 25.0 Å². The molecule has 0 radical (unpaired) electrons. The van der Waals surface area contributed by atoms with E-state index in [0.29, 0.717) is 5.69 Å². The smallest absolute Gasteiger partial charge is 0.141 e. The highest BCUT2D eigenvalue weighted by atomic mass is 16.4. The van der Waals surface area contributed by atoms with Crippen molar-refractivity contribution < 1.29 is 9.90 Å². The van der Waals surface area contributed by atoms with E-state index in [9.17, 15) is 9.90 Å². The number of hydrogen-bond acceptors (Lipinski definition) is 2. The molecule has 0 aliphatic rings. The lowest BCUT2D eigenvalue weighted by Crippen LogP contribution is -2.45. The number of carbonyl (C=O) groups excluding carboxylic acids is 1. The molecule has 3 nitrogen and oxygen atoms in total. The Hall–Kier alpha value is -1.51. The van der Waals surface area contributed by atoms with Crippen molar-refractivity contribution in [3.8, 4) is 0 Å². The Kier molecular flexibility index (Phi) is 3.35. The van der Waals surface area contributed by atoms with E-state index >= 15 is 0 Å². The standard InChI is InChI=1S/C12H17NO2/c1-8(2)13(12(14)15)11-6-5-9(3)7-10(11)4/h5-8H,1-4H3,(H,14,15)/p-1. The molecule has 1 aromatic carbocycles. The van der Waals surface area contributed by atoms with Gasteiger partial charge in [0.25, 0.3) is 0 Å². The number of nitrogens with zero attached hydrogens (tertiary/aromatic N) is 1. The van der Waals surface area contributed by atoms with Gasteiger partial charge in [0.2, 0.25) is 0 Å². The maximum absolute atomic E-state index is 11.0. The van der Waals surface area contributed by atoms with Crippen molar-refractivity contribution in [2.75, 3.05) is 4.90 Å². The minimum absolute atomic E-state index is 0.114. The fourth-order valence-electron chi connectivity index (χ4n) is 1.66. The van der Waals surface area contributed by atoms with E-state index in [-0.39, 0.29) is 6.04 Å². The molecule has 0 saturated carbocycles. The van der Waals surface area contributed by atoms with Crippen LogP contribution in [0.25, 0.3) is 0 Å². The summed E-state index contributed by atoms with van der Waals surface area (Å²) in [5, 5.41) is 11.0. The quantitative estimate of drug-likeness (QED) is 0.741. The summed E-state index contributed by atoms with van der Waals surface area (Å²) in [5.74, 6) is 0. The van der Waals surface area contributed by atoms with Gasteiger partial charge in [-0.05, 0) is 39.3 Å². The van der Waals surface area contributed by atoms with Gasteiger partial charge in [0, 0.05) is 11.7 Å². The molecule has 0 N–H and O–H groups in total. The molecule has 0 atom stereocenters. The van der Waals surface area contributed by atoms with Gasteiger partial charge < -0.3 is 14.8 Å². The number of hydrogen-bond donors (Lipinski definition) is 0. The minimum atomic E-state index is -1.16. The topological polar surface area (TPSA) is 43.4 Å². The van der Waals surface area contributed by atoms with E-state index in [1.54, 1.807) is 0 Å². The summed E-state index contributed by atoms with van der Waals surface area (Å²) < 4.78 is 0. The van der Waals surface area contributed by atoms with Crippen LogP contribution in [0.15, 0.2) is 18.2 Å². The van der Waals surface area contributed by atoms with Gasteiger partial charge in [-0.15, -0.1) is 0 Å². The lowest BCUT2D eigenvalue weighted by Gasteiger charge is -2.30. The molecule has 0 aliphatic heterocycles. The number of carbonyl (C=O) groups is 1. The van der Waals surface area contributed by atoms with Crippen LogP contribution in [0.5, 0.6) is 0 Å². The molecule has 0 fully saturated rings. The van der Waals surface area contributed by atoms with Gasteiger partial charge >= 0.3 is 0 Å². The molecule has 0 saturated heterocycles. The first-order valence-corrected chi connectivity index (χ1v) is 5.01. The Bertz CT molecular complexity index is 372. The molecule has 15 heavy (non-hydrogen) atoms. The molecular formula is C12H16NO2-. The van der Waals surface area contributed by atoms with Crippen LogP contribution in [0.4, 0.5) is 10.5 Å². The molecule has 0 bridgehead atoms. The third-order valence-corrected chi connectivity index (χ3v) is 2.32. The summed E-state index contributed by atoms with van der Waals surface area (Å²) in [6.07, 6.45) is -1.16. The number of aryl methyl sites for hydroxylation is 2. The second kappa shape index (κ2) is 4.34. The molecule has 1 rings (SSSR count). The highest BCUT2D eigenvalue weighted by molar-refractivity contribution is 5.86. The van der Waals surface area contributed by atoms with Crippen molar-refractivity contribution in [3.63, 3.8) is 0 Å². The maximum Gasteiger partial charge on any atom is 0.141 e. The lowest BCUT2D eigenvalue weighted by atomic mass is 10.1. The average Bonchev–Trinajstić information content (AvgIpc) is 2.08. The first-order chi connectivity index (χ1) is 6.93. The Morgan fingerprint density at radius 1 is 1.33 bits per heavy atom. The van der Waals surface area contributed by atoms with Gasteiger partial charge in [-0.2, -0.15) is 0 Å². The number of amides is 1. The molecule has 82 valence electrons. The van der Waals surface area contributed by atoms with Crippen LogP contribution >= 0.6 is 0 Å². The second-order valence-corrected chi connectivity index (χ2v) is 4.02. The number of anilines is 1. The monoisotopic (exact) mass is 206 g/mol. The summed E-state index contributed by atoms with van der Waals surface area (Å²) in [6.45, 7) is 7.54. The van der Waals surface area contributed by atoms with Crippen LogP contribution in [-0.2, 0) is 0 Å². The van der Waals surface area contributed by atoms with Crippen molar-refractivity contribution in [1.29, 1.82) is 0 Å². The van der Waals surface area contributed by atoms with Gasteiger partial charge in [-0.1, -0.05) is 17.7 Å². The summed E-state index contributed by atoms with van der Waals surface area (Å²) in [7, 11) is 0. The van der Waals surface area contributed by atoms with E-state index in [0.717, 1.165) is 11.1 Å². The third kappa shape index (κ3) is 2.49. The zero-order valence-electron chi connectivity index (χ0n) is 9.57. The summed E-state index contributed by atoms with van der Waals surface area (Å²) in [5.41, 5.74) is 2.78. The van der Waals surface area contributed by atoms with Gasteiger partial charge in [0.05, 0.1) is 0 Å². The van der Waals surface area contributed by atoms with Crippen LogP contribution in [0.2, 0.25) is 0 Å². The molecule has 0 heterocycles. The number of benzene rings is 1. The summed E-state index contributed by atoms with van der Waals surface area (Å²) in [4.78, 5) is 12.3. The van der Waals surface area contributed by atoms with Crippen molar-refractivity contribution in [1.82, 2.24) is 0 Å². The Morgan fingerprint density at radius 3 is 2.33 bits per heavy atom. The average molecular weight is 206 g/mol. The lowest BCUT2D eigenvalue weighted by molar-refractivity contribution is -0.247. The molecule has 0 unspecified atom stereocenters. The largest absolute Gasteiger partial charge is 0.530 e. The predicted molar refractivity (Wildman–Crippen MR) is 58.9 cm³/mol. The van der Waals surface area contributed by atoms with E-state index < -0.39 is 6.09 Å². The van der Waals surface area contributed by atoms with Crippen molar-refractivity contribution >= 4 is 11.8 Å². The van der Waals surface area contributed by atoms with Crippen LogP contribution in [-0.4, -0.2) is 12.1 Å². The first-order valence-electron chi connectivity index (χ1n) is 5.01. The Balaban J connectivity index is 3.17. The third-order valence-electron chi connectivity index (χ3n) is 2.32. The molecule has 0 aromatic heterocycles. The van der Waals surface area contributed by atoms with E-state index in [2.05, 4.69) is 0 Å². The van der Waals surface area contributed by atoms with Crippen LogP contribution in [0, 0.1) is 13.8 Å². The van der Waals surface area contributed by atoms with Crippen molar-refractivity contribution in [3.05, 3.63) is 29.3 Å². The van der Waals surface area contributed by atoms with Gasteiger partial charge in [-0.25, -0.2) is 0 Å². The highest BCUT2D eigenvalue weighted by Gasteiger charge is 2.13. The second-order valence-electron chi connectivity index (χ2n) is 4.02. The SMILES string of the molecule is Cc1ccc(N(C(=O)[O-])C(C)C)c(C)c1. The van der Waals surface area contributed by atoms with Gasteiger partial charge in [-0.3, -0.25) is 0 Å². The normalized spacial score (nSPS) is 10.5. The van der Waals surface area contributed by atoms with Crippen LogP contribution < -0.4 is 10.0 Å². The molecule has 1 aromatic rings. The highest BCUT2D eigenvalue weighted by Crippen LogP contribution is 2.22. The zero-order valence-corrected chi connectivity index (χ0v) is 9.57. The molecule has 0 aliphatic carbocycles. The first kappa shape index (κ1) is 11.6. The van der Waals surface area contributed by atoms with Crippen molar-refractivity contribution in [2.24, 2.45) is 0 Å². The Labute approximate surface area is 90.3 Å². The van der Waals surface area contributed by atoms with E-state index in [1.807, 2.05) is 45.9 Å². The molecule has 3 heteroatoms. The Morgan fingerprint density at radius 2 is 1.93 bits per heavy atom. The zero-order chi connectivity index (χ0) is 11.6. The molecule has 1 amide bonds. The van der Waals surface area contributed by atoms with Crippen molar-refractivity contribution in [2.45, 2.75) is 33.7 Å².